The minimum Gasteiger partial charge on any atom is -0.455 e. The molecule has 1 saturated heterocycles. The fourth-order valence-corrected chi connectivity index (χ4v) is 2.23. The van der Waals surface area contributed by atoms with Gasteiger partial charge in [-0.25, -0.2) is 4.79 Å². The number of imide groups is 1. The first kappa shape index (κ1) is 12.6. The molecule has 1 aromatic rings. The maximum absolute atomic E-state index is 11.6. The highest BCUT2D eigenvalue weighted by Gasteiger charge is 2.26. The zero-order valence-corrected chi connectivity index (χ0v) is 10.4. The van der Waals surface area contributed by atoms with Crippen LogP contribution in [0.4, 0.5) is 4.79 Å². The standard InChI is InChI=1S/C11H12N2O4S/c14-9(13-4-3-12-11(13)16)7-17-10(15)6-8-2-1-5-18-8/h1-2,5H,3-4,6-7H2,(H,12,16). The van der Waals surface area contributed by atoms with Gasteiger partial charge in [0.25, 0.3) is 5.91 Å². The first-order chi connectivity index (χ1) is 8.66. The van der Waals surface area contributed by atoms with E-state index in [1.165, 1.54) is 11.3 Å². The second kappa shape index (κ2) is 5.63. The maximum Gasteiger partial charge on any atom is 0.324 e. The Bertz CT molecular complexity index is 458. The van der Waals surface area contributed by atoms with Gasteiger partial charge < -0.3 is 10.1 Å². The number of amides is 3. The molecule has 18 heavy (non-hydrogen) atoms. The van der Waals surface area contributed by atoms with Gasteiger partial charge in [0, 0.05) is 18.0 Å². The molecule has 0 spiro atoms. The third-order valence-electron chi connectivity index (χ3n) is 2.41. The second-order valence-electron chi connectivity index (χ2n) is 3.69. The van der Waals surface area contributed by atoms with Crippen molar-refractivity contribution in [3.05, 3.63) is 22.4 Å². The van der Waals surface area contributed by atoms with Crippen LogP contribution in [0.25, 0.3) is 0 Å². The Balaban J connectivity index is 1.75. The molecule has 1 aliphatic heterocycles. The van der Waals surface area contributed by atoms with E-state index < -0.39 is 24.5 Å². The van der Waals surface area contributed by atoms with Gasteiger partial charge in [0.1, 0.15) is 0 Å². The predicted octanol–water partition coefficient (Wildman–Crippen LogP) is 0.386. The van der Waals surface area contributed by atoms with Crippen molar-refractivity contribution in [1.29, 1.82) is 0 Å². The molecule has 0 aliphatic carbocycles. The van der Waals surface area contributed by atoms with Crippen LogP contribution < -0.4 is 5.32 Å². The van der Waals surface area contributed by atoms with Crippen molar-refractivity contribution in [3.63, 3.8) is 0 Å². The van der Waals surface area contributed by atoms with E-state index in [-0.39, 0.29) is 6.42 Å². The van der Waals surface area contributed by atoms with Gasteiger partial charge in [0.2, 0.25) is 0 Å². The number of nitrogens with one attached hydrogen (secondary N) is 1. The van der Waals surface area contributed by atoms with Gasteiger partial charge in [-0.15, -0.1) is 11.3 Å². The zero-order chi connectivity index (χ0) is 13.0. The highest BCUT2D eigenvalue weighted by atomic mass is 32.1. The molecule has 7 heteroatoms. The van der Waals surface area contributed by atoms with E-state index in [0.29, 0.717) is 13.1 Å². The molecule has 1 N–H and O–H groups in total. The quantitative estimate of drug-likeness (QED) is 0.801. The fourth-order valence-electron chi connectivity index (χ4n) is 1.54. The topological polar surface area (TPSA) is 75.7 Å². The van der Waals surface area contributed by atoms with E-state index in [1.807, 2.05) is 17.5 Å². The summed E-state index contributed by atoms with van der Waals surface area (Å²) in [6.07, 6.45) is 0.150. The van der Waals surface area contributed by atoms with Crippen LogP contribution in [0, 0.1) is 0 Å². The number of hydrogen-bond donors (Lipinski definition) is 1. The fraction of sp³-hybridized carbons (Fsp3) is 0.364. The minimum absolute atomic E-state index is 0.150. The lowest BCUT2D eigenvalue weighted by Gasteiger charge is -2.11. The lowest BCUT2D eigenvalue weighted by molar-refractivity contribution is -0.150. The smallest absolute Gasteiger partial charge is 0.324 e. The van der Waals surface area contributed by atoms with Crippen molar-refractivity contribution in [3.8, 4) is 0 Å². The molecule has 0 saturated carbocycles. The molecular formula is C11H12N2O4S. The minimum atomic E-state index is -0.496. The lowest BCUT2D eigenvalue weighted by Crippen LogP contribution is -2.37. The molecule has 1 aromatic heterocycles. The number of urea groups is 1. The summed E-state index contributed by atoms with van der Waals surface area (Å²) < 4.78 is 4.83. The summed E-state index contributed by atoms with van der Waals surface area (Å²) >= 11 is 1.45. The Kier molecular flexibility index (Phi) is 3.93. The number of carbonyl (C=O) groups is 3. The number of thiophene rings is 1. The second-order valence-corrected chi connectivity index (χ2v) is 4.73. The van der Waals surface area contributed by atoms with Gasteiger partial charge >= 0.3 is 12.0 Å². The Morgan fingerprint density at radius 1 is 1.50 bits per heavy atom. The first-order valence-corrected chi connectivity index (χ1v) is 6.31. The number of carbonyl (C=O) groups excluding carboxylic acids is 3. The molecule has 0 aromatic carbocycles. The van der Waals surface area contributed by atoms with Crippen molar-refractivity contribution in [2.45, 2.75) is 6.42 Å². The summed E-state index contributed by atoms with van der Waals surface area (Å²) in [4.78, 5) is 36.1. The van der Waals surface area contributed by atoms with Crippen LogP contribution in [0.5, 0.6) is 0 Å². The molecule has 6 nitrogen and oxygen atoms in total. The molecule has 0 radical (unpaired) electrons. The Labute approximate surface area is 108 Å². The zero-order valence-electron chi connectivity index (χ0n) is 9.55. The molecular weight excluding hydrogens is 256 g/mol. The number of hydrogen-bond acceptors (Lipinski definition) is 5. The number of rotatable bonds is 4. The Hall–Kier alpha value is -1.89. The molecule has 2 rings (SSSR count). The number of ether oxygens (including phenoxy) is 1. The van der Waals surface area contributed by atoms with Crippen LogP contribution in [0.3, 0.4) is 0 Å². The highest BCUT2D eigenvalue weighted by Crippen LogP contribution is 2.09. The van der Waals surface area contributed by atoms with Crippen LogP contribution >= 0.6 is 11.3 Å². The van der Waals surface area contributed by atoms with Gasteiger partial charge in [0.15, 0.2) is 6.61 Å². The average molecular weight is 268 g/mol. The summed E-state index contributed by atoms with van der Waals surface area (Å²) in [6, 6.07) is 3.23. The summed E-state index contributed by atoms with van der Waals surface area (Å²) in [5, 5.41) is 4.37. The third kappa shape index (κ3) is 3.07. The monoisotopic (exact) mass is 268 g/mol. The number of esters is 1. The van der Waals surface area contributed by atoms with Crippen molar-refractivity contribution in [2.75, 3.05) is 19.7 Å². The van der Waals surface area contributed by atoms with Crippen molar-refractivity contribution in [1.82, 2.24) is 10.2 Å². The average Bonchev–Trinajstić information content (AvgIpc) is 2.97. The third-order valence-corrected chi connectivity index (χ3v) is 3.29. The van der Waals surface area contributed by atoms with Gasteiger partial charge in [-0.2, -0.15) is 0 Å². The van der Waals surface area contributed by atoms with Gasteiger partial charge in [-0.1, -0.05) is 6.07 Å². The molecule has 1 fully saturated rings. The normalized spacial score (nSPS) is 14.4. The van der Waals surface area contributed by atoms with Crippen LogP contribution in [-0.2, 0) is 20.7 Å². The van der Waals surface area contributed by atoms with E-state index in [1.54, 1.807) is 0 Å². The number of nitrogens with zero attached hydrogens (tertiary/aromatic N) is 1. The SMILES string of the molecule is O=C(Cc1cccs1)OCC(=O)N1CCNC1=O. The molecule has 96 valence electrons. The van der Waals surface area contributed by atoms with Gasteiger partial charge in [-0.05, 0) is 11.4 Å². The largest absolute Gasteiger partial charge is 0.455 e. The Morgan fingerprint density at radius 2 is 2.33 bits per heavy atom. The van der Waals surface area contributed by atoms with Gasteiger partial charge in [0.05, 0.1) is 6.42 Å². The van der Waals surface area contributed by atoms with E-state index in [0.717, 1.165) is 9.78 Å². The molecule has 0 bridgehead atoms. The van der Waals surface area contributed by atoms with Crippen molar-refractivity contribution >= 4 is 29.2 Å². The molecule has 1 aliphatic rings. The van der Waals surface area contributed by atoms with Crippen molar-refractivity contribution < 1.29 is 19.1 Å². The van der Waals surface area contributed by atoms with Crippen LogP contribution in [0.2, 0.25) is 0 Å². The summed E-state index contributed by atoms with van der Waals surface area (Å²) in [7, 11) is 0. The van der Waals surface area contributed by atoms with E-state index >= 15 is 0 Å². The van der Waals surface area contributed by atoms with E-state index in [2.05, 4.69) is 5.32 Å². The molecule has 3 amide bonds. The van der Waals surface area contributed by atoms with Crippen LogP contribution in [0.15, 0.2) is 17.5 Å². The molecule has 0 atom stereocenters. The Morgan fingerprint density at radius 3 is 2.94 bits per heavy atom. The summed E-state index contributed by atoms with van der Waals surface area (Å²) in [5.74, 6) is -0.963. The predicted molar refractivity (Wildman–Crippen MR) is 64.1 cm³/mol. The summed E-state index contributed by atoms with van der Waals surface area (Å²) in [5.41, 5.74) is 0. The first-order valence-electron chi connectivity index (χ1n) is 5.43. The molecule has 0 unspecified atom stereocenters. The molecule has 2 heterocycles. The van der Waals surface area contributed by atoms with E-state index in [9.17, 15) is 14.4 Å². The maximum atomic E-state index is 11.6. The van der Waals surface area contributed by atoms with E-state index in [4.69, 9.17) is 4.74 Å². The van der Waals surface area contributed by atoms with Crippen LogP contribution in [-0.4, -0.2) is 42.5 Å². The summed E-state index contributed by atoms with van der Waals surface area (Å²) in [6.45, 7) is 0.367. The van der Waals surface area contributed by atoms with Crippen molar-refractivity contribution in [2.24, 2.45) is 0 Å². The van der Waals surface area contributed by atoms with Gasteiger partial charge in [-0.3, -0.25) is 14.5 Å². The highest BCUT2D eigenvalue weighted by molar-refractivity contribution is 7.10. The lowest BCUT2D eigenvalue weighted by atomic mass is 10.3. The van der Waals surface area contributed by atoms with Crippen LogP contribution in [0.1, 0.15) is 4.88 Å².